The zero-order valence-corrected chi connectivity index (χ0v) is 9.63. The summed E-state index contributed by atoms with van der Waals surface area (Å²) in [5.41, 5.74) is 0.844. The van der Waals surface area contributed by atoms with E-state index in [2.05, 4.69) is 23.8 Å². The minimum absolute atomic E-state index is 0.0438. The van der Waals surface area contributed by atoms with Crippen molar-refractivity contribution in [3.05, 3.63) is 24.3 Å². The number of rotatable bonds is 6. The fourth-order valence-electron chi connectivity index (χ4n) is 1.53. The lowest BCUT2D eigenvalue weighted by Gasteiger charge is -2.21. The maximum absolute atomic E-state index is 10.7. The van der Waals surface area contributed by atoms with Gasteiger partial charge in [-0.15, -0.1) is 0 Å². The van der Waals surface area contributed by atoms with Crippen LogP contribution in [0.25, 0.3) is 0 Å². The van der Waals surface area contributed by atoms with E-state index in [0.717, 1.165) is 12.2 Å². The lowest BCUT2D eigenvalue weighted by atomic mass is 10.2. The van der Waals surface area contributed by atoms with Crippen LogP contribution in [0.3, 0.4) is 0 Å². The van der Waals surface area contributed by atoms with E-state index >= 15 is 0 Å². The second-order valence-electron chi connectivity index (χ2n) is 4.16. The average molecular weight is 223 g/mol. The van der Waals surface area contributed by atoms with E-state index in [-0.39, 0.29) is 6.54 Å². The highest BCUT2D eigenvalue weighted by Gasteiger charge is 2.12. The molecule has 5 heteroatoms. The first-order valence-corrected chi connectivity index (χ1v) is 5.27. The molecule has 16 heavy (non-hydrogen) atoms. The molecule has 0 radical (unpaired) electrons. The quantitative estimate of drug-likeness (QED) is 0.780. The summed E-state index contributed by atoms with van der Waals surface area (Å²) in [5.74, 6) is -0.379. The molecule has 0 spiro atoms. The number of carboxylic acid groups (broad SMARTS) is 1. The standard InChI is InChI=1S/C11H17N3O2/c1-9(2)5-14(7-11(15)16)6-10-3-4-12-8-13-10/h3-4,8-9H,5-7H2,1-2H3,(H,15,16). The maximum atomic E-state index is 10.7. The van der Waals surface area contributed by atoms with Crippen LogP contribution in [-0.2, 0) is 11.3 Å². The van der Waals surface area contributed by atoms with Crippen molar-refractivity contribution in [3.63, 3.8) is 0 Å². The summed E-state index contributed by atoms with van der Waals surface area (Å²) in [4.78, 5) is 20.5. The van der Waals surface area contributed by atoms with Gasteiger partial charge in [0.2, 0.25) is 0 Å². The second kappa shape index (κ2) is 6.17. The molecule has 88 valence electrons. The molecule has 0 aromatic carbocycles. The van der Waals surface area contributed by atoms with E-state index < -0.39 is 5.97 Å². The summed E-state index contributed by atoms with van der Waals surface area (Å²) in [7, 11) is 0. The molecule has 1 aromatic heterocycles. The van der Waals surface area contributed by atoms with Gasteiger partial charge in [0, 0.05) is 19.3 Å². The van der Waals surface area contributed by atoms with E-state index in [1.807, 2.05) is 4.90 Å². The van der Waals surface area contributed by atoms with Crippen molar-refractivity contribution < 1.29 is 9.90 Å². The summed E-state index contributed by atoms with van der Waals surface area (Å²) in [6, 6.07) is 1.80. The van der Waals surface area contributed by atoms with Crippen LogP contribution in [0.2, 0.25) is 0 Å². The van der Waals surface area contributed by atoms with Gasteiger partial charge < -0.3 is 5.11 Å². The number of carbonyl (C=O) groups is 1. The third kappa shape index (κ3) is 4.84. The maximum Gasteiger partial charge on any atom is 0.317 e. The van der Waals surface area contributed by atoms with Gasteiger partial charge in [-0.1, -0.05) is 13.8 Å². The molecule has 1 aromatic rings. The van der Waals surface area contributed by atoms with Crippen molar-refractivity contribution in [1.82, 2.24) is 14.9 Å². The first-order chi connectivity index (χ1) is 7.58. The van der Waals surface area contributed by atoms with Crippen LogP contribution in [0.15, 0.2) is 18.6 Å². The predicted molar refractivity (Wildman–Crippen MR) is 59.8 cm³/mol. The van der Waals surface area contributed by atoms with Gasteiger partial charge >= 0.3 is 5.97 Å². The molecular formula is C11H17N3O2. The Balaban J connectivity index is 2.59. The molecule has 1 heterocycles. The van der Waals surface area contributed by atoms with Gasteiger partial charge in [0.05, 0.1) is 12.2 Å². The van der Waals surface area contributed by atoms with Crippen LogP contribution in [0.5, 0.6) is 0 Å². The highest BCUT2D eigenvalue weighted by molar-refractivity contribution is 5.69. The number of hydrogen-bond donors (Lipinski definition) is 1. The highest BCUT2D eigenvalue weighted by atomic mass is 16.4. The third-order valence-electron chi connectivity index (χ3n) is 2.01. The molecule has 0 saturated heterocycles. The SMILES string of the molecule is CC(C)CN(CC(=O)O)Cc1ccncn1. The summed E-state index contributed by atoms with van der Waals surface area (Å²) in [6.07, 6.45) is 3.14. The Morgan fingerprint density at radius 2 is 2.31 bits per heavy atom. The van der Waals surface area contributed by atoms with Gasteiger partial charge in [0.1, 0.15) is 6.33 Å². The van der Waals surface area contributed by atoms with Crippen molar-refractivity contribution >= 4 is 5.97 Å². The van der Waals surface area contributed by atoms with Gasteiger partial charge in [0.15, 0.2) is 0 Å². The minimum atomic E-state index is -0.810. The Kier molecular flexibility index (Phi) is 4.85. The summed E-state index contributed by atoms with van der Waals surface area (Å²) < 4.78 is 0. The van der Waals surface area contributed by atoms with Gasteiger partial charge in [-0.2, -0.15) is 0 Å². The average Bonchev–Trinajstić information content (AvgIpc) is 2.16. The molecule has 0 bridgehead atoms. The van der Waals surface area contributed by atoms with Crippen LogP contribution < -0.4 is 0 Å². The Labute approximate surface area is 95.1 Å². The summed E-state index contributed by atoms with van der Waals surface area (Å²) >= 11 is 0. The molecular weight excluding hydrogens is 206 g/mol. The van der Waals surface area contributed by atoms with Gasteiger partial charge in [0.25, 0.3) is 0 Å². The lowest BCUT2D eigenvalue weighted by Crippen LogP contribution is -2.32. The van der Waals surface area contributed by atoms with Crippen molar-refractivity contribution in [1.29, 1.82) is 0 Å². The molecule has 0 aliphatic heterocycles. The fraction of sp³-hybridized carbons (Fsp3) is 0.545. The van der Waals surface area contributed by atoms with Crippen molar-refractivity contribution in [3.8, 4) is 0 Å². The van der Waals surface area contributed by atoms with E-state index in [1.54, 1.807) is 12.3 Å². The van der Waals surface area contributed by atoms with Crippen molar-refractivity contribution in [2.24, 2.45) is 5.92 Å². The van der Waals surface area contributed by atoms with E-state index in [0.29, 0.717) is 12.5 Å². The lowest BCUT2D eigenvalue weighted by molar-refractivity contribution is -0.138. The first kappa shape index (κ1) is 12.6. The third-order valence-corrected chi connectivity index (χ3v) is 2.01. The molecule has 0 amide bonds. The van der Waals surface area contributed by atoms with E-state index in [4.69, 9.17) is 5.11 Å². The van der Waals surface area contributed by atoms with E-state index in [9.17, 15) is 4.79 Å². The molecule has 1 rings (SSSR count). The molecule has 1 N–H and O–H groups in total. The number of nitrogens with zero attached hydrogens (tertiary/aromatic N) is 3. The Bertz CT molecular complexity index is 327. The van der Waals surface area contributed by atoms with Gasteiger partial charge in [-0.05, 0) is 12.0 Å². The topological polar surface area (TPSA) is 66.3 Å². The number of carboxylic acids is 1. The Morgan fingerprint density at radius 3 is 2.81 bits per heavy atom. The first-order valence-electron chi connectivity index (χ1n) is 5.27. The largest absolute Gasteiger partial charge is 0.480 e. The van der Waals surface area contributed by atoms with Crippen LogP contribution in [0, 0.1) is 5.92 Å². The normalized spacial score (nSPS) is 11.0. The van der Waals surface area contributed by atoms with Crippen LogP contribution in [-0.4, -0.2) is 39.0 Å². The smallest absolute Gasteiger partial charge is 0.317 e. The Hall–Kier alpha value is -1.49. The molecule has 0 aliphatic rings. The van der Waals surface area contributed by atoms with Crippen LogP contribution >= 0.6 is 0 Å². The fourth-order valence-corrected chi connectivity index (χ4v) is 1.53. The number of hydrogen-bond acceptors (Lipinski definition) is 4. The van der Waals surface area contributed by atoms with E-state index in [1.165, 1.54) is 6.33 Å². The monoisotopic (exact) mass is 223 g/mol. The predicted octanol–water partition coefficient (Wildman–Crippen LogP) is 1.02. The molecule has 0 atom stereocenters. The highest BCUT2D eigenvalue weighted by Crippen LogP contribution is 2.04. The molecule has 5 nitrogen and oxygen atoms in total. The zero-order chi connectivity index (χ0) is 12.0. The zero-order valence-electron chi connectivity index (χ0n) is 9.63. The van der Waals surface area contributed by atoms with Crippen LogP contribution in [0.4, 0.5) is 0 Å². The molecule has 0 fully saturated rings. The van der Waals surface area contributed by atoms with Gasteiger partial charge in [-0.25, -0.2) is 9.97 Å². The summed E-state index contributed by atoms with van der Waals surface area (Å²) in [5, 5.41) is 8.80. The minimum Gasteiger partial charge on any atom is -0.480 e. The van der Waals surface area contributed by atoms with Crippen molar-refractivity contribution in [2.45, 2.75) is 20.4 Å². The van der Waals surface area contributed by atoms with Crippen LogP contribution in [0.1, 0.15) is 19.5 Å². The molecule has 0 aliphatic carbocycles. The summed E-state index contributed by atoms with van der Waals surface area (Å²) in [6.45, 7) is 5.47. The Morgan fingerprint density at radius 1 is 1.56 bits per heavy atom. The number of aromatic nitrogens is 2. The second-order valence-corrected chi connectivity index (χ2v) is 4.16. The van der Waals surface area contributed by atoms with Gasteiger partial charge in [-0.3, -0.25) is 9.69 Å². The number of aliphatic carboxylic acids is 1. The molecule has 0 saturated carbocycles. The van der Waals surface area contributed by atoms with Crippen molar-refractivity contribution in [2.75, 3.05) is 13.1 Å². The molecule has 0 unspecified atom stereocenters.